The lowest BCUT2D eigenvalue weighted by Crippen LogP contribution is -2.32. The summed E-state index contributed by atoms with van der Waals surface area (Å²) in [7, 11) is 1.35. The van der Waals surface area contributed by atoms with Gasteiger partial charge in [0.2, 0.25) is 0 Å². The van der Waals surface area contributed by atoms with Crippen LogP contribution in [0.4, 0.5) is 0 Å². The quantitative estimate of drug-likeness (QED) is 0.802. The molecular weight excluding hydrogens is 232 g/mol. The predicted molar refractivity (Wildman–Crippen MR) is 66.1 cm³/mol. The van der Waals surface area contributed by atoms with Gasteiger partial charge in [0.25, 0.3) is 0 Å². The first kappa shape index (κ1) is 13.0. The van der Waals surface area contributed by atoms with Crippen LogP contribution in [0.1, 0.15) is 29.0 Å². The molecule has 0 amide bonds. The second-order valence-corrected chi connectivity index (χ2v) is 4.45. The molecule has 1 saturated heterocycles. The summed E-state index contributed by atoms with van der Waals surface area (Å²) in [5.74, 6) is -0.419. The number of nitrogens with zero attached hydrogens (tertiary/aromatic N) is 2. The van der Waals surface area contributed by atoms with Gasteiger partial charge in [-0.15, -0.1) is 0 Å². The normalized spacial score (nSPS) is 20.0. The zero-order valence-corrected chi connectivity index (χ0v) is 10.5. The van der Waals surface area contributed by atoms with E-state index in [2.05, 4.69) is 14.6 Å². The second-order valence-electron chi connectivity index (χ2n) is 4.45. The van der Waals surface area contributed by atoms with Crippen molar-refractivity contribution in [2.45, 2.75) is 25.4 Å². The van der Waals surface area contributed by atoms with E-state index in [9.17, 15) is 9.90 Å². The van der Waals surface area contributed by atoms with Crippen molar-refractivity contribution in [2.24, 2.45) is 0 Å². The van der Waals surface area contributed by atoms with E-state index in [1.165, 1.54) is 7.11 Å². The number of methoxy groups -OCH3 is 1. The highest BCUT2D eigenvalue weighted by atomic mass is 16.5. The molecule has 2 rings (SSSR count). The summed E-state index contributed by atoms with van der Waals surface area (Å²) in [6, 6.07) is 5.55. The first-order valence-electron chi connectivity index (χ1n) is 6.13. The Kier molecular flexibility index (Phi) is 4.28. The van der Waals surface area contributed by atoms with Crippen molar-refractivity contribution < 1.29 is 14.6 Å². The van der Waals surface area contributed by atoms with Gasteiger partial charge in [-0.2, -0.15) is 0 Å². The molecule has 0 aliphatic carbocycles. The Morgan fingerprint density at radius 3 is 3.17 bits per heavy atom. The fourth-order valence-electron chi connectivity index (χ4n) is 2.30. The molecular formula is C13H18N2O3. The summed E-state index contributed by atoms with van der Waals surface area (Å²) in [6.45, 7) is 1.81. The van der Waals surface area contributed by atoms with Crippen LogP contribution in [0.25, 0.3) is 0 Å². The maximum atomic E-state index is 11.4. The number of pyridine rings is 1. The van der Waals surface area contributed by atoms with Gasteiger partial charge in [-0.05, 0) is 31.5 Å². The Morgan fingerprint density at radius 1 is 1.61 bits per heavy atom. The number of hydrogen-bond acceptors (Lipinski definition) is 5. The van der Waals surface area contributed by atoms with Crippen LogP contribution in [0.5, 0.6) is 0 Å². The average molecular weight is 250 g/mol. The highest BCUT2D eigenvalue weighted by molar-refractivity contribution is 5.87. The van der Waals surface area contributed by atoms with E-state index < -0.39 is 5.97 Å². The molecule has 0 unspecified atom stereocenters. The number of esters is 1. The minimum atomic E-state index is -0.419. The van der Waals surface area contributed by atoms with E-state index in [-0.39, 0.29) is 12.6 Å². The van der Waals surface area contributed by atoms with Crippen molar-refractivity contribution in [1.82, 2.24) is 9.88 Å². The predicted octanol–water partition coefficient (Wildman–Crippen LogP) is 0.825. The molecule has 18 heavy (non-hydrogen) atoms. The van der Waals surface area contributed by atoms with Gasteiger partial charge in [-0.25, -0.2) is 9.78 Å². The van der Waals surface area contributed by atoms with Crippen LogP contribution >= 0.6 is 0 Å². The van der Waals surface area contributed by atoms with Crippen LogP contribution in [0.2, 0.25) is 0 Å². The average Bonchev–Trinajstić information content (AvgIpc) is 2.85. The maximum Gasteiger partial charge on any atom is 0.356 e. The topological polar surface area (TPSA) is 62.7 Å². The van der Waals surface area contributed by atoms with Crippen molar-refractivity contribution in [3.8, 4) is 0 Å². The third kappa shape index (κ3) is 2.86. The van der Waals surface area contributed by atoms with E-state index in [1.807, 2.05) is 6.07 Å². The van der Waals surface area contributed by atoms with Crippen LogP contribution < -0.4 is 0 Å². The monoisotopic (exact) mass is 250 g/mol. The second kappa shape index (κ2) is 5.93. The zero-order chi connectivity index (χ0) is 13.0. The highest BCUT2D eigenvalue weighted by Gasteiger charge is 2.24. The minimum Gasteiger partial charge on any atom is -0.464 e. The molecule has 1 N–H and O–H groups in total. The molecule has 5 nitrogen and oxygen atoms in total. The van der Waals surface area contributed by atoms with E-state index in [0.29, 0.717) is 12.2 Å². The molecule has 1 fully saturated rings. The summed E-state index contributed by atoms with van der Waals surface area (Å²) < 4.78 is 4.65. The number of carbonyl (C=O) groups is 1. The lowest BCUT2D eigenvalue weighted by Gasteiger charge is -2.22. The number of rotatable bonds is 4. The summed E-state index contributed by atoms with van der Waals surface area (Å²) in [5, 5.41) is 9.26. The van der Waals surface area contributed by atoms with E-state index in [1.54, 1.807) is 12.1 Å². The number of carbonyl (C=O) groups excluding carboxylic acids is 1. The van der Waals surface area contributed by atoms with Gasteiger partial charge in [0, 0.05) is 12.6 Å². The molecule has 0 spiro atoms. The van der Waals surface area contributed by atoms with Crippen LogP contribution in [-0.2, 0) is 11.3 Å². The van der Waals surface area contributed by atoms with Gasteiger partial charge in [-0.1, -0.05) is 6.07 Å². The molecule has 5 heteroatoms. The molecule has 0 aromatic carbocycles. The fraction of sp³-hybridized carbons (Fsp3) is 0.538. The van der Waals surface area contributed by atoms with Gasteiger partial charge in [0.15, 0.2) is 0 Å². The molecule has 98 valence electrons. The standard InChI is InChI=1S/C13H18N2O3/c1-18-13(17)12-6-2-4-10(14-12)8-15-7-3-5-11(15)9-16/h2,4,6,11,16H,3,5,7-9H2,1H3/t11-/m1/s1. The van der Waals surface area contributed by atoms with E-state index in [4.69, 9.17) is 0 Å². The molecule has 1 aromatic rings. The Balaban J connectivity index is 2.07. The van der Waals surface area contributed by atoms with Gasteiger partial charge < -0.3 is 9.84 Å². The number of ether oxygens (including phenoxy) is 1. The third-order valence-electron chi connectivity index (χ3n) is 3.28. The minimum absolute atomic E-state index is 0.177. The first-order chi connectivity index (χ1) is 8.74. The van der Waals surface area contributed by atoms with E-state index in [0.717, 1.165) is 25.1 Å². The molecule has 0 radical (unpaired) electrons. The van der Waals surface area contributed by atoms with Crippen molar-refractivity contribution in [2.75, 3.05) is 20.3 Å². The number of aromatic nitrogens is 1. The van der Waals surface area contributed by atoms with Gasteiger partial charge in [0.1, 0.15) is 5.69 Å². The lowest BCUT2D eigenvalue weighted by atomic mass is 10.2. The Bertz CT molecular complexity index is 422. The van der Waals surface area contributed by atoms with Crippen LogP contribution in [0.3, 0.4) is 0 Å². The molecule has 1 aromatic heterocycles. The SMILES string of the molecule is COC(=O)c1cccc(CN2CCC[C@@H]2CO)n1. The third-order valence-corrected chi connectivity index (χ3v) is 3.28. The number of aliphatic hydroxyl groups excluding tert-OH is 1. The van der Waals surface area contributed by atoms with Gasteiger partial charge in [-0.3, -0.25) is 4.90 Å². The van der Waals surface area contributed by atoms with Crippen LogP contribution in [0, 0.1) is 0 Å². The van der Waals surface area contributed by atoms with Crippen molar-refractivity contribution >= 4 is 5.97 Å². The van der Waals surface area contributed by atoms with Gasteiger partial charge >= 0.3 is 5.97 Å². The Labute approximate surface area is 106 Å². The van der Waals surface area contributed by atoms with Crippen molar-refractivity contribution in [3.63, 3.8) is 0 Å². The fourth-order valence-corrected chi connectivity index (χ4v) is 2.30. The van der Waals surface area contributed by atoms with E-state index >= 15 is 0 Å². The first-order valence-corrected chi connectivity index (χ1v) is 6.13. The summed E-state index contributed by atoms with van der Waals surface area (Å²) >= 11 is 0. The summed E-state index contributed by atoms with van der Waals surface area (Å²) in [4.78, 5) is 17.9. The Hall–Kier alpha value is -1.46. The van der Waals surface area contributed by atoms with Gasteiger partial charge in [0.05, 0.1) is 19.4 Å². The molecule has 0 saturated carbocycles. The number of likely N-dealkylation sites (tertiary alicyclic amines) is 1. The van der Waals surface area contributed by atoms with Crippen LogP contribution in [-0.4, -0.2) is 47.3 Å². The number of hydrogen-bond donors (Lipinski definition) is 1. The van der Waals surface area contributed by atoms with Crippen LogP contribution in [0.15, 0.2) is 18.2 Å². The number of aliphatic hydroxyl groups is 1. The molecule has 2 heterocycles. The molecule has 0 bridgehead atoms. The molecule has 1 aliphatic rings. The summed E-state index contributed by atoms with van der Waals surface area (Å²) in [5.41, 5.74) is 1.16. The highest BCUT2D eigenvalue weighted by Crippen LogP contribution is 2.19. The zero-order valence-electron chi connectivity index (χ0n) is 10.5. The van der Waals surface area contributed by atoms with Crippen molar-refractivity contribution in [3.05, 3.63) is 29.6 Å². The maximum absolute atomic E-state index is 11.4. The smallest absolute Gasteiger partial charge is 0.356 e. The molecule has 1 aliphatic heterocycles. The summed E-state index contributed by atoms with van der Waals surface area (Å²) in [6.07, 6.45) is 2.12. The Morgan fingerprint density at radius 2 is 2.44 bits per heavy atom. The largest absolute Gasteiger partial charge is 0.464 e. The molecule has 1 atom stereocenters. The lowest BCUT2D eigenvalue weighted by molar-refractivity contribution is 0.0593. The van der Waals surface area contributed by atoms with Crippen molar-refractivity contribution in [1.29, 1.82) is 0 Å².